The highest BCUT2D eigenvalue weighted by molar-refractivity contribution is 5.82. The third kappa shape index (κ3) is 5.07. The number of aryl methyl sites for hydroxylation is 1. The maximum atomic E-state index is 6.40. The van der Waals surface area contributed by atoms with E-state index in [1.165, 1.54) is 0 Å². The van der Waals surface area contributed by atoms with Crippen LogP contribution in [-0.2, 0) is 7.05 Å². The van der Waals surface area contributed by atoms with Crippen molar-refractivity contribution >= 4 is 34.0 Å². The lowest BCUT2D eigenvalue weighted by molar-refractivity contribution is 0.413. The van der Waals surface area contributed by atoms with E-state index in [9.17, 15) is 0 Å². The Morgan fingerprint density at radius 3 is 2.51 bits per heavy atom. The van der Waals surface area contributed by atoms with Crippen molar-refractivity contribution in [2.75, 3.05) is 64.4 Å². The van der Waals surface area contributed by atoms with E-state index in [2.05, 4.69) is 20.1 Å². The lowest BCUT2D eigenvalue weighted by Gasteiger charge is -2.24. The van der Waals surface area contributed by atoms with Crippen LogP contribution in [0.2, 0.25) is 0 Å². The molecule has 10 heteroatoms. The summed E-state index contributed by atoms with van der Waals surface area (Å²) in [6, 6.07) is 11.4. The molecule has 2 aromatic carbocycles. The van der Waals surface area contributed by atoms with Gasteiger partial charge in [0.25, 0.3) is 0 Å². The number of ether oxygens (including phenoxy) is 2. The number of nitrogens with one attached hydrogen (secondary N) is 1. The highest BCUT2D eigenvalue weighted by Crippen LogP contribution is 2.36. The number of benzene rings is 2. The molecule has 2 aromatic heterocycles. The Bertz CT molecular complexity index is 1330. The Balaban J connectivity index is 1.63. The molecule has 3 N–H and O–H groups in total. The predicted molar refractivity (Wildman–Crippen MR) is 141 cm³/mol. The first kappa shape index (κ1) is 24.1. The zero-order valence-electron chi connectivity index (χ0n) is 21.0. The van der Waals surface area contributed by atoms with Gasteiger partial charge in [-0.05, 0) is 38.4 Å². The molecular formula is C25H32N8O2. The number of hydrogen-bond acceptors (Lipinski definition) is 9. The first-order valence-electron chi connectivity index (χ1n) is 11.2. The van der Waals surface area contributed by atoms with Gasteiger partial charge in [-0.15, -0.1) is 0 Å². The van der Waals surface area contributed by atoms with E-state index < -0.39 is 0 Å². The molecule has 35 heavy (non-hydrogen) atoms. The monoisotopic (exact) mass is 476 g/mol. The van der Waals surface area contributed by atoms with E-state index >= 15 is 0 Å². The van der Waals surface area contributed by atoms with Crippen LogP contribution in [-0.4, -0.2) is 72.9 Å². The van der Waals surface area contributed by atoms with Gasteiger partial charge in [0.05, 0.1) is 42.3 Å². The molecule has 0 aliphatic heterocycles. The van der Waals surface area contributed by atoms with Gasteiger partial charge in [-0.25, -0.2) is 15.0 Å². The van der Waals surface area contributed by atoms with Gasteiger partial charge in [-0.1, -0.05) is 0 Å². The molecule has 0 saturated heterocycles. The molecule has 0 spiro atoms. The normalized spacial score (nSPS) is 11.2. The van der Waals surface area contributed by atoms with Crippen molar-refractivity contribution in [3.63, 3.8) is 0 Å². The van der Waals surface area contributed by atoms with E-state index in [0.717, 1.165) is 41.4 Å². The second kappa shape index (κ2) is 10.1. The number of likely N-dealkylation sites (N-methyl/N-ethyl adjacent to an activating group) is 2. The molecule has 0 fully saturated rings. The van der Waals surface area contributed by atoms with Crippen LogP contribution in [0.15, 0.2) is 42.6 Å². The fourth-order valence-electron chi connectivity index (χ4n) is 3.85. The number of aromatic nitrogens is 4. The maximum absolute atomic E-state index is 6.40. The molecule has 0 saturated carbocycles. The van der Waals surface area contributed by atoms with Crippen LogP contribution in [0, 0.1) is 0 Å². The van der Waals surface area contributed by atoms with Gasteiger partial charge in [0, 0.05) is 45.5 Å². The smallest absolute Gasteiger partial charge is 0.227 e. The Kier molecular flexibility index (Phi) is 6.92. The Morgan fingerprint density at radius 2 is 1.80 bits per heavy atom. The molecule has 0 unspecified atom stereocenters. The first-order chi connectivity index (χ1) is 16.8. The summed E-state index contributed by atoms with van der Waals surface area (Å²) in [6.45, 7) is 1.75. The summed E-state index contributed by atoms with van der Waals surface area (Å²) < 4.78 is 13.0. The van der Waals surface area contributed by atoms with Crippen LogP contribution in [0.5, 0.6) is 11.5 Å². The van der Waals surface area contributed by atoms with Crippen LogP contribution in [0.4, 0.5) is 23.0 Å². The second-order valence-electron chi connectivity index (χ2n) is 8.58. The Morgan fingerprint density at radius 1 is 1.00 bits per heavy atom. The summed E-state index contributed by atoms with van der Waals surface area (Å²) in [5.74, 6) is 2.55. The van der Waals surface area contributed by atoms with Crippen LogP contribution in [0.25, 0.3) is 22.6 Å². The minimum atomic E-state index is 0.415. The Labute approximate surface area is 205 Å². The van der Waals surface area contributed by atoms with Gasteiger partial charge in [0.2, 0.25) is 5.95 Å². The summed E-state index contributed by atoms with van der Waals surface area (Å²) in [5.41, 5.74) is 11.1. The minimum Gasteiger partial charge on any atom is -0.497 e. The summed E-state index contributed by atoms with van der Waals surface area (Å²) in [7, 11) is 11.3. The second-order valence-corrected chi connectivity index (χ2v) is 8.58. The number of methoxy groups -OCH3 is 2. The molecule has 2 heterocycles. The molecule has 4 rings (SSSR count). The Hall–Kier alpha value is -4.05. The lowest BCUT2D eigenvalue weighted by Crippen LogP contribution is -2.29. The molecule has 184 valence electrons. The summed E-state index contributed by atoms with van der Waals surface area (Å²) in [4.78, 5) is 18.1. The maximum Gasteiger partial charge on any atom is 0.227 e. The molecule has 0 amide bonds. The minimum absolute atomic E-state index is 0.415. The van der Waals surface area contributed by atoms with Gasteiger partial charge < -0.3 is 34.9 Å². The zero-order valence-corrected chi connectivity index (χ0v) is 21.0. The number of nitrogen functional groups attached to an aromatic ring is 1. The number of nitrogens with zero attached hydrogens (tertiary/aromatic N) is 6. The van der Waals surface area contributed by atoms with Crippen LogP contribution >= 0.6 is 0 Å². The van der Waals surface area contributed by atoms with Crippen LogP contribution < -0.4 is 25.4 Å². The van der Waals surface area contributed by atoms with E-state index in [-0.39, 0.29) is 0 Å². The van der Waals surface area contributed by atoms with Crippen molar-refractivity contribution in [1.82, 2.24) is 24.4 Å². The van der Waals surface area contributed by atoms with Crippen molar-refractivity contribution in [3.8, 4) is 23.0 Å². The van der Waals surface area contributed by atoms with Crippen molar-refractivity contribution in [3.05, 3.63) is 42.6 Å². The molecule has 0 bridgehead atoms. The molecule has 0 aliphatic carbocycles. The van der Waals surface area contributed by atoms with E-state index in [1.807, 2.05) is 69.2 Å². The summed E-state index contributed by atoms with van der Waals surface area (Å²) in [6.07, 6.45) is 1.70. The topological polar surface area (TPSA) is 107 Å². The SMILES string of the molecule is COc1ccc2c(c1)nc(-c1ccnc(Nc3cc(N)c(N(C)CCN(C)C)cc3OC)n1)n2C. The largest absolute Gasteiger partial charge is 0.497 e. The molecule has 0 radical (unpaired) electrons. The lowest BCUT2D eigenvalue weighted by atomic mass is 10.2. The van der Waals surface area contributed by atoms with Crippen molar-refractivity contribution in [2.24, 2.45) is 7.05 Å². The fourth-order valence-corrected chi connectivity index (χ4v) is 3.85. The van der Waals surface area contributed by atoms with Crippen molar-refractivity contribution < 1.29 is 9.47 Å². The molecule has 10 nitrogen and oxygen atoms in total. The highest BCUT2D eigenvalue weighted by Gasteiger charge is 2.16. The molecular weight excluding hydrogens is 444 g/mol. The average molecular weight is 477 g/mol. The predicted octanol–water partition coefficient (Wildman–Crippen LogP) is 3.37. The van der Waals surface area contributed by atoms with Crippen LogP contribution in [0.1, 0.15) is 0 Å². The molecule has 0 atom stereocenters. The summed E-state index contributed by atoms with van der Waals surface area (Å²) >= 11 is 0. The number of nitrogens with two attached hydrogens (primary N) is 1. The third-order valence-corrected chi connectivity index (χ3v) is 5.86. The number of imidazole rings is 1. The number of fused-ring (bicyclic) bond motifs is 1. The van der Waals surface area contributed by atoms with Crippen molar-refractivity contribution in [2.45, 2.75) is 0 Å². The quantitative estimate of drug-likeness (QED) is 0.352. The number of rotatable bonds is 9. The van der Waals surface area contributed by atoms with Crippen LogP contribution in [0.3, 0.4) is 0 Å². The highest BCUT2D eigenvalue weighted by atomic mass is 16.5. The van der Waals surface area contributed by atoms with Crippen molar-refractivity contribution in [1.29, 1.82) is 0 Å². The molecule has 4 aromatic rings. The van der Waals surface area contributed by atoms with Gasteiger partial charge in [0.1, 0.15) is 17.2 Å². The van der Waals surface area contributed by atoms with E-state index in [4.69, 9.17) is 25.2 Å². The van der Waals surface area contributed by atoms with Gasteiger partial charge in [-0.2, -0.15) is 0 Å². The number of anilines is 4. The fraction of sp³-hybridized carbons (Fsp3) is 0.320. The first-order valence-corrected chi connectivity index (χ1v) is 11.2. The van der Waals surface area contributed by atoms with E-state index in [0.29, 0.717) is 28.8 Å². The number of hydrogen-bond donors (Lipinski definition) is 2. The summed E-state index contributed by atoms with van der Waals surface area (Å²) in [5, 5.41) is 3.25. The van der Waals surface area contributed by atoms with Gasteiger partial charge in [-0.3, -0.25) is 0 Å². The average Bonchev–Trinajstić information content (AvgIpc) is 3.18. The third-order valence-electron chi connectivity index (χ3n) is 5.86. The van der Waals surface area contributed by atoms with E-state index in [1.54, 1.807) is 20.4 Å². The van der Waals surface area contributed by atoms with Gasteiger partial charge >= 0.3 is 0 Å². The zero-order chi connectivity index (χ0) is 25.1. The van der Waals surface area contributed by atoms with Gasteiger partial charge in [0.15, 0.2) is 5.82 Å². The molecule has 0 aliphatic rings. The standard InChI is InChI=1S/C25H32N8O2/c1-31(2)11-12-32(3)22-15-23(35-6)20(14-17(22)26)30-25-27-10-9-18(29-25)24-28-19-13-16(34-5)7-8-21(19)33(24)4/h7-10,13-15H,11-12,26H2,1-6H3,(H,27,29,30).